The predicted molar refractivity (Wildman–Crippen MR) is 105 cm³/mol. The van der Waals surface area contributed by atoms with Gasteiger partial charge in [0.25, 0.3) is 0 Å². The second-order valence-electron chi connectivity index (χ2n) is 5.37. The molecule has 0 aromatic heterocycles. The fraction of sp³-hybridized carbons (Fsp3) is 0.150. The first-order valence-corrected chi connectivity index (χ1v) is 8.27. The van der Waals surface area contributed by atoms with Crippen molar-refractivity contribution in [2.45, 2.75) is 18.2 Å². The Morgan fingerprint density at radius 2 is 2.00 bits per heavy atom. The van der Waals surface area contributed by atoms with E-state index in [1.54, 1.807) is 36.4 Å². The van der Waals surface area contributed by atoms with E-state index in [-0.39, 0.29) is 11.7 Å². The van der Waals surface area contributed by atoms with Crippen molar-refractivity contribution in [2.75, 3.05) is 12.4 Å². The highest BCUT2D eigenvalue weighted by molar-refractivity contribution is 7.80. The molecule has 0 unspecified atom stereocenters. The zero-order valence-corrected chi connectivity index (χ0v) is 15.1. The molecule has 0 aliphatic carbocycles. The first-order chi connectivity index (χ1) is 12.0. The van der Waals surface area contributed by atoms with Crippen molar-refractivity contribution in [3.05, 3.63) is 65.8 Å². The van der Waals surface area contributed by atoms with Crippen LogP contribution in [0.25, 0.3) is 6.08 Å². The van der Waals surface area contributed by atoms with Crippen LogP contribution in [0, 0.1) is 0 Å². The minimum Gasteiger partial charge on any atom is -0.504 e. The van der Waals surface area contributed by atoms with Crippen LogP contribution < -0.4 is 10.1 Å². The fourth-order valence-corrected chi connectivity index (χ4v) is 2.39. The fourth-order valence-electron chi connectivity index (χ4n) is 2.24. The first kappa shape index (κ1) is 18.7. The molecule has 2 N–H and O–H groups in total. The number of methoxy groups -OCH3 is 1. The summed E-state index contributed by atoms with van der Waals surface area (Å²) >= 11 is 4.21. The summed E-state index contributed by atoms with van der Waals surface area (Å²) in [4.78, 5) is 12.9. The molecule has 0 spiro atoms. The van der Waals surface area contributed by atoms with Crippen molar-refractivity contribution in [3.8, 4) is 11.5 Å². The molecule has 5 heteroatoms. The molecule has 1 amide bonds. The van der Waals surface area contributed by atoms with E-state index in [0.717, 1.165) is 16.0 Å². The number of hydrogen-bond donors (Lipinski definition) is 3. The molecule has 2 aromatic rings. The van der Waals surface area contributed by atoms with E-state index in [1.165, 1.54) is 13.2 Å². The van der Waals surface area contributed by atoms with Crippen molar-refractivity contribution < 1.29 is 14.6 Å². The Balaban J connectivity index is 2.15. The molecule has 2 aromatic carbocycles. The maximum Gasteiger partial charge on any atom is 0.248 e. The average Bonchev–Trinajstić information content (AvgIpc) is 2.61. The number of benzene rings is 2. The molecular weight excluding hydrogens is 334 g/mol. The second kappa shape index (κ2) is 8.99. The topological polar surface area (TPSA) is 58.6 Å². The summed E-state index contributed by atoms with van der Waals surface area (Å²) in [6.45, 7) is 1.92. The highest BCUT2D eigenvalue weighted by atomic mass is 32.1. The lowest BCUT2D eigenvalue weighted by atomic mass is 10.0. The highest BCUT2D eigenvalue weighted by Crippen LogP contribution is 2.32. The van der Waals surface area contributed by atoms with Gasteiger partial charge in [0, 0.05) is 22.2 Å². The number of thiol groups is 1. The van der Waals surface area contributed by atoms with Crippen LogP contribution >= 0.6 is 12.6 Å². The number of amides is 1. The molecule has 25 heavy (non-hydrogen) atoms. The van der Waals surface area contributed by atoms with Crippen LogP contribution in [0.4, 0.5) is 5.69 Å². The number of nitrogens with one attached hydrogen (secondary N) is 1. The highest BCUT2D eigenvalue weighted by Gasteiger charge is 2.09. The summed E-state index contributed by atoms with van der Waals surface area (Å²) < 4.78 is 5.20. The molecule has 4 nitrogen and oxygen atoms in total. The number of aromatic hydroxyl groups is 1. The van der Waals surface area contributed by atoms with Gasteiger partial charge in [-0.15, -0.1) is 12.6 Å². The minimum atomic E-state index is -0.242. The van der Waals surface area contributed by atoms with Crippen molar-refractivity contribution >= 4 is 30.3 Å². The van der Waals surface area contributed by atoms with Crippen LogP contribution in [0.5, 0.6) is 11.5 Å². The summed E-state index contributed by atoms with van der Waals surface area (Å²) in [5.41, 5.74) is 2.21. The van der Waals surface area contributed by atoms with E-state index < -0.39 is 0 Å². The summed E-state index contributed by atoms with van der Waals surface area (Å²) in [5, 5.41) is 12.9. The van der Waals surface area contributed by atoms with Crippen molar-refractivity contribution in [3.63, 3.8) is 0 Å². The van der Waals surface area contributed by atoms with Gasteiger partial charge in [-0.1, -0.05) is 12.2 Å². The third-order valence-corrected chi connectivity index (χ3v) is 3.83. The molecule has 0 radical (unpaired) electrons. The van der Waals surface area contributed by atoms with Gasteiger partial charge >= 0.3 is 0 Å². The SMILES string of the molecule is C/C=C/Cc1cc(/C=C/C(=O)Nc2ccc(S)cc2)cc(OC)c1O. The molecule has 0 bridgehead atoms. The van der Waals surface area contributed by atoms with E-state index in [0.29, 0.717) is 17.9 Å². The summed E-state index contributed by atoms with van der Waals surface area (Å²) in [5.74, 6) is 0.259. The Morgan fingerprint density at radius 3 is 2.64 bits per heavy atom. The van der Waals surface area contributed by atoms with E-state index in [9.17, 15) is 9.90 Å². The van der Waals surface area contributed by atoms with Crippen LogP contribution in [-0.2, 0) is 11.2 Å². The van der Waals surface area contributed by atoms with Gasteiger partial charge in [-0.25, -0.2) is 0 Å². The summed E-state index contributed by atoms with van der Waals surface area (Å²) in [7, 11) is 1.50. The lowest BCUT2D eigenvalue weighted by Gasteiger charge is -2.09. The zero-order chi connectivity index (χ0) is 18.2. The standard InChI is InChI=1S/C20H21NO3S/c1-3-4-5-15-12-14(13-18(24-2)20(15)23)6-11-19(22)21-16-7-9-17(25)10-8-16/h3-4,6-13,23,25H,5H2,1-2H3,(H,21,22)/b4-3+,11-6+. The Bertz CT molecular complexity index is 795. The van der Waals surface area contributed by atoms with Crippen molar-refractivity contribution in [2.24, 2.45) is 0 Å². The number of phenols is 1. The Kier molecular flexibility index (Phi) is 6.71. The average molecular weight is 355 g/mol. The number of allylic oxidation sites excluding steroid dienone is 2. The molecule has 0 saturated carbocycles. The lowest BCUT2D eigenvalue weighted by molar-refractivity contribution is -0.111. The molecule has 0 fully saturated rings. The lowest BCUT2D eigenvalue weighted by Crippen LogP contribution is -2.07. The quantitative estimate of drug-likeness (QED) is 0.407. The predicted octanol–water partition coefficient (Wildman–Crippen LogP) is 4.46. The number of phenolic OH excluding ortho intramolecular Hbond substituents is 1. The van der Waals surface area contributed by atoms with E-state index in [2.05, 4.69) is 17.9 Å². The van der Waals surface area contributed by atoms with Gasteiger partial charge in [-0.2, -0.15) is 0 Å². The Labute approximate surface area is 153 Å². The van der Waals surface area contributed by atoms with Crippen LogP contribution in [0.15, 0.2) is 59.5 Å². The molecule has 130 valence electrons. The van der Waals surface area contributed by atoms with Crippen LogP contribution in [-0.4, -0.2) is 18.1 Å². The smallest absolute Gasteiger partial charge is 0.248 e. The van der Waals surface area contributed by atoms with E-state index >= 15 is 0 Å². The second-order valence-corrected chi connectivity index (χ2v) is 5.89. The number of ether oxygens (including phenoxy) is 1. The van der Waals surface area contributed by atoms with Crippen molar-refractivity contribution in [1.82, 2.24) is 0 Å². The molecule has 0 aliphatic rings. The number of hydrogen-bond acceptors (Lipinski definition) is 4. The minimum absolute atomic E-state index is 0.119. The molecule has 0 atom stereocenters. The molecule has 0 heterocycles. The largest absolute Gasteiger partial charge is 0.504 e. The third-order valence-electron chi connectivity index (χ3n) is 3.53. The number of carbonyl (C=O) groups is 1. The third kappa shape index (κ3) is 5.43. The first-order valence-electron chi connectivity index (χ1n) is 7.82. The maximum atomic E-state index is 12.0. The molecule has 0 saturated heterocycles. The maximum absolute atomic E-state index is 12.0. The molecule has 0 aliphatic heterocycles. The van der Waals surface area contributed by atoms with Crippen LogP contribution in [0.3, 0.4) is 0 Å². The Hall–Kier alpha value is -2.66. The molecular formula is C20H21NO3S. The van der Waals surface area contributed by atoms with Gasteiger partial charge < -0.3 is 15.2 Å². The summed E-state index contributed by atoms with van der Waals surface area (Å²) in [6.07, 6.45) is 7.57. The van der Waals surface area contributed by atoms with E-state index in [4.69, 9.17) is 4.74 Å². The van der Waals surface area contributed by atoms with E-state index in [1.807, 2.05) is 25.1 Å². The Morgan fingerprint density at radius 1 is 1.28 bits per heavy atom. The van der Waals surface area contributed by atoms with Gasteiger partial charge in [0.05, 0.1) is 7.11 Å². The normalized spacial score (nSPS) is 11.2. The van der Waals surface area contributed by atoms with Gasteiger partial charge in [0.15, 0.2) is 11.5 Å². The van der Waals surface area contributed by atoms with Gasteiger partial charge in [0.1, 0.15) is 0 Å². The number of carbonyl (C=O) groups excluding carboxylic acids is 1. The van der Waals surface area contributed by atoms with Crippen molar-refractivity contribution in [1.29, 1.82) is 0 Å². The van der Waals surface area contributed by atoms with Gasteiger partial charge in [-0.05, 0) is 61.4 Å². The number of anilines is 1. The van der Waals surface area contributed by atoms with Gasteiger partial charge in [-0.3, -0.25) is 4.79 Å². The van der Waals surface area contributed by atoms with Crippen LogP contribution in [0.2, 0.25) is 0 Å². The molecule has 2 rings (SSSR count). The number of rotatable bonds is 6. The summed E-state index contributed by atoms with van der Waals surface area (Å²) in [6, 6.07) is 10.7. The van der Waals surface area contributed by atoms with Crippen LogP contribution in [0.1, 0.15) is 18.1 Å². The zero-order valence-electron chi connectivity index (χ0n) is 14.2. The van der Waals surface area contributed by atoms with Gasteiger partial charge in [0.2, 0.25) is 5.91 Å². The monoisotopic (exact) mass is 355 g/mol.